The molecule has 3 aromatic carbocycles. The predicted molar refractivity (Wildman–Crippen MR) is 345 cm³/mol. The van der Waals surface area contributed by atoms with E-state index in [1.54, 1.807) is 60.7 Å². The molecule has 1 aliphatic heterocycles. The lowest BCUT2D eigenvalue weighted by Crippen LogP contribution is -2.53. The topological polar surface area (TPSA) is 560 Å². The molecule has 5 unspecified atom stereocenters. The molecule has 0 spiro atoms. The third-order valence-electron chi connectivity index (χ3n) is 13.6. The van der Waals surface area contributed by atoms with Crippen molar-refractivity contribution < 1.29 is 103 Å². The largest absolute Gasteiger partial charge is 0.491 e. The zero-order valence-electron chi connectivity index (χ0n) is 51.9. The number of aromatic nitrogens is 3. The number of rotatable bonds is 33. The van der Waals surface area contributed by atoms with E-state index >= 15 is 0 Å². The van der Waals surface area contributed by atoms with Gasteiger partial charge in [-0.1, -0.05) is 70.6 Å². The molecule has 100 heavy (non-hydrogen) atoms. The van der Waals surface area contributed by atoms with Gasteiger partial charge in [-0.25, -0.2) is 28.3 Å². The van der Waals surface area contributed by atoms with Gasteiger partial charge >= 0.3 is 34.8 Å². The van der Waals surface area contributed by atoms with E-state index in [-0.39, 0.29) is 103 Å². The van der Waals surface area contributed by atoms with Gasteiger partial charge in [0, 0.05) is 64.2 Å². The van der Waals surface area contributed by atoms with Crippen LogP contribution in [0.5, 0.6) is 5.75 Å². The van der Waals surface area contributed by atoms with Crippen molar-refractivity contribution in [3.63, 3.8) is 0 Å². The Morgan fingerprint density at radius 2 is 1.62 bits per heavy atom. The number of fused-ring (bicyclic) bond motifs is 2. The van der Waals surface area contributed by atoms with Crippen LogP contribution in [0, 0.1) is 18.8 Å². The summed E-state index contributed by atoms with van der Waals surface area (Å²) in [5.74, 6) is 1.88. The molecule has 0 bridgehead atoms. The van der Waals surface area contributed by atoms with Gasteiger partial charge in [0.05, 0.1) is 32.5 Å². The van der Waals surface area contributed by atoms with Crippen LogP contribution in [0.3, 0.4) is 0 Å². The Labute approximate surface area is 561 Å². The summed E-state index contributed by atoms with van der Waals surface area (Å²) < 4.78 is 87.0. The van der Waals surface area contributed by atoms with E-state index in [9.17, 15) is 67.4 Å². The molecule has 1 saturated heterocycles. The van der Waals surface area contributed by atoms with Gasteiger partial charge in [0.2, 0.25) is 17.7 Å². The summed E-state index contributed by atoms with van der Waals surface area (Å²) in [5, 5.41) is 20.5. The number of oxazole rings is 1. The molecule has 42 heteroatoms. The molecule has 1 aliphatic carbocycles. The number of aromatic amines is 1. The Kier molecular flexibility index (Phi) is 26.6. The van der Waals surface area contributed by atoms with Crippen molar-refractivity contribution >= 4 is 75.1 Å². The minimum absolute atomic E-state index is 0.0423. The summed E-state index contributed by atoms with van der Waals surface area (Å²) in [6.45, 7) is -1.98. The summed E-state index contributed by atoms with van der Waals surface area (Å²) in [5.41, 5.74) is 17.1. The fourth-order valence-electron chi connectivity index (χ4n) is 9.02. The number of phosphoric ester groups is 1. The van der Waals surface area contributed by atoms with Crippen LogP contribution in [0.2, 0.25) is 0 Å². The highest BCUT2D eigenvalue weighted by atomic mass is 31.3. The van der Waals surface area contributed by atoms with Crippen LogP contribution in [0.4, 0.5) is 0 Å². The van der Waals surface area contributed by atoms with Crippen LogP contribution in [0.15, 0.2) is 154 Å². The van der Waals surface area contributed by atoms with E-state index in [0.717, 1.165) is 16.3 Å². The normalized spacial score (nSPS) is 17.3. The maximum Gasteiger partial charge on any atom is 0.490 e. The number of nitrogens with zero attached hydrogens (tertiary/aromatic N) is 8. The number of carbonyl (C=O) groups is 5. The molecule has 5 amide bonds. The van der Waals surface area contributed by atoms with Crippen LogP contribution >= 0.6 is 23.5 Å². The number of ether oxygens (including phenoxy) is 5. The van der Waals surface area contributed by atoms with Crippen molar-refractivity contribution in [1.82, 2.24) is 41.1 Å². The second-order valence-electron chi connectivity index (χ2n) is 20.8. The smallest absolute Gasteiger partial charge is 0.490 e. The highest BCUT2D eigenvalue weighted by Gasteiger charge is 2.44. The van der Waals surface area contributed by atoms with Crippen LogP contribution in [0.25, 0.3) is 54.4 Å². The number of hydrogen-bond donors (Lipinski definition) is 10. The van der Waals surface area contributed by atoms with Gasteiger partial charge in [0.25, 0.3) is 23.3 Å². The fraction of sp³-hybridized carbons (Fsp3) is 0.293. The van der Waals surface area contributed by atoms with Crippen molar-refractivity contribution in [3.8, 4) is 29.0 Å². The molecule has 526 valence electrons. The molecule has 0 saturated carbocycles. The van der Waals surface area contributed by atoms with Crippen LogP contribution in [0.1, 0.15) is 44.5 Å². The molecular formula is C58H59N14O25P3. The summed E-state index contributed by atoms with van der Waals surface area (Å²) in [6, 6.07) is 15.8. The van der Waals surface area contributed by atoms with Crippen molar-refractivity contribution in [2.24, 2.45) is 10.2 Å². The average Bonchev–Trinajstić information content (AvgIpc) is 1.61. The van der Waals surface area contributed by atoms with Crippen LogP contribution in [-0.2, 0) is 60.2 Å². The number of nitrogens with one attached hydrogen (secondary N) is 6. The highest BCUT2D eigenvalue weighted by molar-refractivity contribution is 7.66. The second kappa shape index (κ2) is 35.4. The number of hydrogen-bond acceptors (Lipinski definition) is 24. The van der Waals surface area contributed by atoms with E-state index in [4.69, 9.17) is 47.8 Å². The molecule has 4 heterocycles. The van der Waals surface area contributed by atoms with Gasteiger partial charge in [0.15, 0.2) is 11.8 Å². The van der Waals surface area contributed by atoms with E-state index < -0.39 is 121 Å². The molecule has 39 nitrogen and oxygen atoms in total. The van der Waals surface area contributed by atoms with Gasteiger partial charge in [-0.15, -0.1) is 0 Å². The summed E-state index contributed by atoms with van der Waals surface area (Å²) in [7, 11) is -17.2. The van der Waals surface area contributed by atoms with Gasteiger partial charge in [-0.3, -0.25) is 42.8 Å². The minimum atomic E-state index is -5.88. The third kappa shape index (κ3) is 22.8. The first kappa shape index (κ1) is 75.3. The Balaban J connectivity index is 0.769. The Bertz CT molecular complexity index is 4710. The molecule has 2 aliphatic rings. The van der Waals surface area contributed by atoms with Crippen molar-refractivity contribution in [1.29, 1.82) is 0 Å². The molecule has 6 aromatic rings. The van der Waals surface area contributed by atoms with E-state index in [0.29, 0.717) is 11.0 Å². The van der Waals surface area contributed by atoms with Gasteiger partial charge in [-0.05, 0) is 84.2 Å². The monoisotopic (exact) mass is 1440 g/mol. The standard InChI is InChI=1S/C58H59N14O25P3/c1-34-14-15-36-25-41(57(79)95-45(36)23-34)56-67-42-26-38(16-17-44(42)94-56)53(76)66-43(28-64-51(74)35-9-5-3-2-4-6-10-35)55(78)63-20-19-62-52(75)37-11-7-13-40(24-37)90-32-49(69-71-60)89-22-21-88-31-48(73)61-18-8-12-39-29-72(58(80)68-54(39)77)50-27-46(91-33-65-70-59)47(93-50)30-92-99(84,85)97-100(86,87)96-98(81,82)83/h2-7,9-11,13-17,23-26,29,43,46-47,49-50H,18-22,27-28,30-33H2,1H3,(H,61,73)(H,62,75)(H,63,78)(H,64,74)(H,66,76)(H,84,85)(H,86,87)(H,68,77,80)(H2,81,82,83)/b3-2-,4-2?,5-3?,6-4-,9-5?,10-6?,35-9?,35-10?/t43?,46?,47-,49?,50-/m1/s1. The number of H-pyrrole nitrogens is 1. The Hall–Kier alpha value is -10.4. The van der Waals surface area contributed by atoms with E-state index in [1.165, 1.54) is 42.5 Å². The first-order valence-corrected chi connectivity index (χ1v) is 33.7. The van der Waals surface area contributed by atoms with Crippen LogP contribution < -0.4 is 48.2 Å². The molecule has 0 radical (unpaired) electrons. The number of azide groups is 2. The molecule has 8 rings (SSSR count). The maximum absolute atomic E-state index is 13.8. The summed E-state index contributed by atoms with van der Waals surface area (Å²) >= 11 is 0. The summed E-state index contributed by atoms with van der Waals surface area (Å²) in [6.07, 6.45) is 7.14. The highest BCUT2D eigenvalue weighted by Crippen LogP contribution is 2.66. The molecule has 10 N–H and O–H groups in total. The fourth-order valence-corrected chi connectivity index (χ4v) is 12.1. The average molecular weight is 1450 g/mol. The maximum atomic E-state index is 13.8. The zero-order valence-corrected chi connectivity index (χ0v) is 54.6. The molecule has 3 aromatic heterocycles. The second-order valence-corrected chi connectivity index (χ2v) is 25.2. The van der Waals surface area contributed by atoms with E-state index in [2.05, 4.69) is 76.6 Å². The van der Waals surface area contributed by atoms with Gasteiger partial charge in [0.1, 0.15) is 66.3 Å². The number of amides is 5. The lowest BCUT2D eigenvalue weighted by molar-refractivity contribution is -0.126. The minimum Gasteiger partial charge on any atom is -0.491 e. The lowest BCUT2D eigenvalue weighted by atomic mass is 10.1. The number of phosphoric acid groups is 3. The first-order valence-electron chi connectivity index (χ1n) is 29.2. The van der Waals surface area contributed by atoms with Crippen LogP contribution in [-0.4, -0.2) is 154 Å². The molecule has 1 fully saturated rings. The van der Waals surface area contributed by atoms with Gasteiger partial charge < -0.3 is 78.7 Å². The Morgan fingerprint density at radius 1 is 0.840 bits per heavy atom. The van der Waals surface area contributed by atoms with Gasteiger partial charge in [-0.2, -0.15) is 8.62 Å². The number of aryl methyl sites for hydroxylation is 1. The van der Waals surface area contributed by atoms with E-state index in [1.807, 2.05) is 18.0 Å². The third-order valence-corrected chi connectivity index (χ3v) is 17.4. The SMILES string of the molecule is Cc1ccc2cc(-c3nc4cc(C(=O)NC(CNC(=O)C5=C/C=C\C=C/C=C5)C(=O)NCCNC(=O)c5cccc(OCC(N=[N+]=[N-])OCCOCC(=O)NCC#Cc6cn([C@H]7CC(OCN=[N+]=[N-])[C@@H](COP(=O)(O)OP(=O)(O)OP(=O)(O)O)O7)c(=O)[nH]c6=O)c5)ccc4o3)c(=O)oc2c1. The zero-order chi connectivity index (χ0) is 72.0. The van der Waals surface area contributed by atoms with Crippen molar-refractivity contribution in [2.75, 3.05) is 65.9 Å². The molecule has 7 atom stereocenters. The first-order chi connectivity index (χ1) is 47.7. The van der Waals surface area contributed by atoms with Crippen molar-refractivity contribution in [3.05, 3.63) is 195 Å². The lowest BCUT2D eigenvalue weighted by Gasteiger charge is -2.20. The number of carbonyl (C=O) groups excluding carboxylic acids is 5. The number of allylic oxidation sites excluding steroid dienone is 6. The quantitative estimate of drug-likeness (QED) is 0.00535. The molecular weight excluding hydrogens is 1390 g/mol. The van der Waals surface area contributed by atoms with Crippen molar-refractivity contribution in [2.45, 2.75) is 44.1 Å². The Morgan fingerprint density at radius 3 is 2.41 bits per heavy atom. The summed E-state index contributed by atoms with van der Waals surface area (Å²) in [4.78, 5) is 154. The predicted octanol–water partition coefficient (Wildman–Crippen LogP) is 3.63. The number of benzene rings is 3.